The summed E-state index contributed by atoms with van der Waals surface area (Å²) in [5.74, 6) is 0.909. The van der Waals surface area contributed by atoms with Gasteiger partial charge >= 0.3 is 0 Å². The van der Waals surface area contributed by atoms with E-state index in [-0.39, 0.29) is 0 Å². The van der Waals surface area contributed by atoms with Crippen LogP contribution < -0.4 is 9.64 Å². The SMILES string of the molecule is CCCOc1cccc(N(C)c2ccc(-c3ccc4ccc5c(-c6ccc(C)cc6)ccc6ccc3c4c65)cc2)c1. The first-order valence-corrected chi connectivity index (χ1v) is 14.5. The van der Waals surface area contributed by atoms with Gasteiger partial charge in [-0.05, 0) is 92.2 Å². The van der Waals surface area contributed by atoms with Gasteiger partial charge in [-0.15, -0.1) is 0 Å². The minimum absolute atomic E-state index is 0.731. The Morgan fingerprint density at radius 1 is 0.585 bits per heavy atom. The molecule has 41 heavy (non-hydrogen) atoms. The third-order valence-electron chi connectivity index (χ3n) is 8.27. The molecule has 0 aromatic heterocycles. The van der Waals surface area contributed by atoms with Crippen LogP contribution in [0.25, 0.3) is 54.6 Å². The fourth-order valence-corrected chi connectivity index (χ4v) is 6.05. The Kier molecular flexibility index (Phi) is 6.32. The van der Waals surface area contributed by atoms with Crippen LogP contribution in [0.2, 0.25) is 0 Å². The molecule has 0 aliphatic rings. The van der Waals surface area contributed by atoms with E-state index in [0.717, 1.165) is 30.2 Å². The molecule has 7 aromatic rings. The molecule has 0 aliphatic carbocycles. The molecule has 2 nitrogen and oxygen atoms in total. The summed E-state index contributed by atoms with van der Waals surface area (Å²) >= 11 is 0. The molecule has 0 aliphatic heterocycles. The zero-order valence-electron chi connectivity index (χ0n) is 23.8. The molecule has 0 amide bonds. The lowest BCUT2D eigenvalue weighted by Crippen LogP contribution is -2.09. The van der Waals surface area contributed by atoms with Crippen LogP contribution >= 0.6 is 0 Å². The van der Waals surface area contributed by atoms with E-state index >= 15 is 0 Å². The van der Waals surface area contributed by atoms with E-state index in [1.165, 1.54) is 60.1 Å². The van der Waals surface area contributed by atoms with E-state index in [1.54, 1.807) is 0 Å². The Balaban J connectivity index is 1.30. The second-order valence-electron chi connectivity index (χ2n) is 11.0. The van der Waals surface area contributed by atoms with Gasteiger partial charge in [0.2, 0.25) is 0 Å². The summed E-state index contributed by atoms with van der Waals surface area (Å²) in [4.78, 5) is 2.21. The highest BCUT2D eigenvalue weighted by atomic mass is 16.5. The molecule has 2 heteroatoms. The van der Waals surface area contributed by atoms with Gasteiger partial charge in [0, 0.05) is 24.5 Å². The summed E-state index contributed by atoms with van der Waals surface area (Å²) in [6, 6.07) is 44.3. The molecule has 0 N–H and O–H groups in total. The maximum absolute atomic E-state index is 5.86. The highest BCUT2D eigenvalue weighted by molar-refractivity contribution is 6.27. The highest BCUT2D eigenvalue weighted by Crippen LogP contribution is 2.42. The first-order chi connectivity index (χ1) is 20.1. The van der Waals surface area contributed by atoms with E-state index in [4.69, 9.17) is 4.74 Å². The van der Waals surface area contributed by atoms with Crippen molar-refractivity contribution in [1.82, 2.24) is 0 Å². The van der Waals surface area contributed by atoms with E-state index in [2.05, 4.69) is 141 Å². The lowest BCUT2D eigenvalue weighted by Gasteiger charge is -2.21. The van der Waals surface area contributed by atoms with Gasteiger partial charge in [-0.2, -0.15) is 0 Å². The molecule has 0 radical (unpaired) electrons. The lowest BCUT2D eigenvalue weighted by molar-refractivity contribution is 0.317. The topological polar surface area (TPSA) is 12.5 Å². The van der Waals surface area contributed by atoms with Crippen LogP contribution in [0.1, 0.15) is 18.9 Å². The number of hydrogen-bond acceptors (Lipinski definition) is 2. The van der Waals surface area contributed by atoms with Crippen molar-refractivity contribution in [1.29, 1.82) is 0 Å². The van der Waals surface area contributed by atoms with Gasteiger partial charge in [-0.25, -0.2) is 0 Å². The molecular formula is C39H33NO. The van der Waals surface area contributed by atoms with Gasteiger partial charge < -0.3 is 9.64 Å². The van der Waals surface area contributed by atoms with Crippen molar-refractivity contribution in [3.8, 4) is 28.0 Å². The quantitative estimate of drug-likeness (QED) is 0.190. The first kappa shape index (κ1) is 25.2. The smallest absolute Gasteiger partial charge is 0.121 e. The zero-order chi connectivity index (χ0) is 27.9. The average Bonchev–Trinajstić information content (AvgIpc) is 3.03. The summed E-state index contributed by atoms with van der Waals surface area (Å²) in [7, 11) is 2.11. The van der Waals surface area contributed by atoms with E-state index in [1.807, 2.05) is 6.07 Å². The summed E-state index contributed by atoms with van der Waals surface area (Å²) in [6.07, 6.45) is 0.999. The molecule has 0 saturated heterocycles. The maximum atomic E-state index is 5.86. The van der Waals surface area contributed by atoms with E-state index in [0.29, 0.717) is 0 Å². The van der Waals surface area contributed by atoms with Crippen molar-refractivity contribution < 1.29 is 4.74 Å². The number of rotatable bonds is 7. The Morgan fingerprint density at radius 3 is 1.73 bits per heavy atom. The Labute approximate surface area is 241 Å². The van der Waals surface area contributed by atoms with Gasteiger partial charge in [-0.3, -0.25) is 0 Å². The summed E-state index contributed by atoms with van der Waals surface area (Å²) in [6.45, 7) is 5.00. The maximum Gasteiger partial charge on any atom is 0.121 e. The Morgan fingerprint density at radius 2 is 1.15 bits per heavy atom. The van der Waals surface area contributed by atoms with Gasteiger partial charge in [0.05, 0.1) is 6.61 Å². The number of hydrogen-bond donors (Lipinski definition) is 0. The largest absolute Gasteiger partial charge is 0.494 e. The molecule has 0 spiro atoms. The summed E-state index contributed by atoms with van der Waals surface area (Å²) in [5.41, 5.74) is 8.56. The number of nitrogens with zero attached hydrogens (tertiary/aromatic N) is 1. The molecule has 0 saturated carbocycles. The number of aryl methyl sites for hydroxylation is 1. The molecular weight excluding hydrogens is 498 g/mol. The number of ether oxygens (including phenoxy) is 1. The van der Waals surface area contributed by atoms with Crippen LogP contribution in [-0.2, 0) is 0 Å². The first-order valence-electron chi connectivity index (χ1n) is 14.5. The van der Waals surface area contributed by atoms with Crippen LogP contribution in [0.3, 0.4) is 0 Å². The predicted octanol–water partition coefficient (Wildman–Crippen LogP) is 10.8. The molecule has 7 rings (SSSR count). The molecule has 0 heterocycles. The van der Waals surface area contributed by atoms with Crippen LogP contribution in [-0.4, -0.2) is 13.7 Å². The van der Waals surface area contributed by atoms with Crippen LogP contribution in [0.4, 0.5) is 11.4 Å². The third kappa shape index (κ3) is 4.46. The summed E-state index contributed by atoms with van der Waals surface area (Å²) < 4.78 is 5.86. The lowest BCUT2D eigenvalue weighted by atomic mass is 9.87. The van der Waals surface area contributed by atoms with Crippen molar-refractivity contribution in [2.45, 2.75) is 20.3 Å². The molecule has 0 fully saturated rings. The molecule has 0 unspecified atom stereocenters. The van der Waals surface area contributed by atoms with Crippen molar-refractivity contribution in [2.24, 2.45) is 0 Å². The van der Waals surface area contributed by atoms with Gasteiger partial charge in [0.25, 0.3) is 0 Å². The Hall–Kier alpha value is -4.82. The van der Waals surface area contributed by atoms with Crippen LogP contribution in [0.15, 0.2) is 121 Å². The van der Waals surface area contributed by atoms with Gasteiger partial charge in [0.15, 0.2) is 0 Å². The van der Waals surface area contributed by atoms with Gasteiger partial charge in [-0.1, -0.05) is 103 Å². The standard InChI is InChI=1S/C39H33NO/c1-4-24-41-33-7-5-6-32(25-33)40(3)31-18-12-28(13-19-31)35-21-15-30-16-22-36-34(27-10-8-26(2)9-11-27)20-14-29-17-23-37(35)39(30)38(29)36/h5-23,25H,4,24H2,1-3H3. The number of anilines is 2. The molecule has 0 bridgehead atoms. The monoisotopic (exact) mass is 531 g/mol. The van der Waals surface area contributed by atoms with E-state index < -0.39 is 0 Å². The minimum Gasteiger partial charge on any atom is -0.494 e. The van der Waals surface area contributed by atoms with Crippen molar-refractivity contribution in [2.75, 3.05) is 18.6 Å². The fourth-order valence-electron chi connectivity index (χ4n) is 6.05. The molecule has 0 atom stereocenters. The fraction of sp³-hybridized carbons (Fsp3) is 0.128. The van der Waals surface area contributed by atoms with Gasteiger partial charge in [0.1, 0.15) is 5.75 Å². The normalized spacial score (nSPS) is 11.5. The van der Waals surface area contributed by atoms with E-state index in [9.17, 15) is 0 Å². The Bertz CT molecular complexity index is 1990. The number of benzene rings is 7. The third-order valence-corrected chi connectivity index (χ3v) is 8.27. The zero-order valence-corrected chi connectivity index (χ0v) is 23.8. The minimum atomic E-state index is 0.731. The van der Waals surface area contributed by atoms with Crippen molar-refractivity contribution in [3.63, 3.8) is 0 Å². The highest BCUT2D eigenvalue weighted by Gasteiger charge is 2.15. The van der Waals surface area contributed by atoms with Crippen LogP contribution in [0, 0.1) is 6.92 Å². The van der Waals surface area contributed by atoms with Crippen molar-refractivity contribution in [3.05, 3.63) is 127 Å². The second-order valence-corrected chi connectivity index (χ2v) is 11.0. The van der Waals surface area contributed by atoms with Crippen LogP contribution in [0.5, 0.6) is 5.75 Å². The average molecular weight is 532 g/mol. The molecule has 200 valence electrons. The van der Waals surface area contributed by atoms with Crippen molar-refractivity contribution >= 4 is 43.7 Å². The second kappa shape index (κ2) is 10.3. The molecule has 7 aromatic carbocycles. The summed E-state index contributed by atoms with van der Waals surface area (Å²) in [5, 5.41) is 7.86. The predicted molar refractivity (Wildman–Crippen MR) is 176 cm³/mol.